The molecule has 148 valence electrons. The van der Waals surface area contributed by atoms with Crippen molar-refractivity contribution in [2.24, 2.45) is 5.92 Å². The molecular formula is C24H30N2O2. The Morgan fingerprint density at radius 3 is 2.68 bits per heavy atom. The van der Waals surface area contributed by atoms with Gasteiger partial charge in [0.2, 0.25) is 0 Å². The molecule has 4 nitrogen and oxygen atoms in total. The van der Waals surface area contributed by atoms with Crippen LogP contribution in [0.3, 0.4) is 0 Å². The fourth-order valence-electron chi connectivity index (χ4n) is 3.39. The van der Waals surface area contributed by atoms with E-state index in [4.69, 9.17) is 4.74 Å². The van der Waals surface area contributed by atoms with Crippen LogP contribution < -0.4 is 10.1 Å². The molecule has 0 bridgehead atoms. The first kappa shape index (κ1) is 20.0. The number of fused-ring (bicyclic) bond motifs is 1. The first-order valence-electron chi connectivity index (χ1n) is 10.2. The number of unbranched alkanes of at least 4 members (excludes halogenated alkanes) is 1. The van der Waals surface area contributed by atoms with Crippen LogP contribution in [-0.2, 0) is 0 Å². The van der Waals surface area contributed by atoms with Gasteiger partial charge in [0.25, 0.3) is 5.91 Å². The lowest BCUT2D eigenvalue weighted by Crippen LogP contribution is -2.29. The maximum absolute atomic E-state index is 12.5. The number of hydrogen-bond acceptors (Lipinski definition) is 2. The summed E-state index contributed by atoms with van der Waals surface area (Å²) in [5.74, 6) is 2.06. The van der Waals surface area contributed by atoms with Gasteiger partial charge in [-0.1, -0.05) is 45.2 Å². The van der Waals surface area contributed by atoms with Crippen molar-refractivity contribution in [3.63, 3.8) is 0 Å². The molecule has 0 saturated carbocycles. The van der Waals surface area contributed by atoms with Crippen LogP contribution >= 0.6 is 0 Å². The number of aromatic nitrogens is 1. The first-order valence-corrected chi connectivity index (χ1v) is 10.2. The summed E-state index contributed by atoms with van der Waals surface area (Å²) in [6.07, 6.45) is 4.66. The molecule has 2 N–H and O–H groups in total. The number of carbonyl (C=O) groups is 1. The summed E-state index contributed by atoms with van der Waals surface area (Å²) in [4.78, 5) is 15.8. The second-order valence-corrected chi connectivity index (χ2v) is 7.48. The molecule has 0 unspecified atom stereocenters. The number of rotatable bonds is 9. The summed E-state index contributed by atoms with van der Waals surface area (Å²) in [6.45, 7) is 7.16. The normalized spacial score (nSPS) is 12.1. The molecule has 0 radical (unpaired) electrons. The molecular weight excluding hydrogens is 348 g/mol. The van der Waals surface area contributed by atoms with Crippen LogP contribution in [0.1, 0.15) is 55.6 Å². The Balaban J connectivity index is 1.67. The third-order valence-electron chi connectivity index (χ3n) is 5.16. The summed E-state index contributed by atoms with van der Waals surface area (Å²) in [5.41, 5.74) is 2.68. The number of aromatic amines is 1. The maximum atomic E-state index is 12.5. The number of aryl methyl sites for hydroxylation is 1. The molecule has 1 heterocycles. The summed E-state index contributed by atoms with van der Waals surface area (Å²) >= 11 is 0. The van der Waals surface area contributed by atoms with Gasteiger partial charge in [0.05, 0.1) is 0 Å². The Morgan fingerprint density at radius 2 is 1.93 bits per heavy atom. The van der Waals surface area contributed by atoms with E-state index in [0.717, 1.165) is 40.9 Å². The van der Waals surface area contributed by atoms with Gasteiger partial charge in [0.1, 0.15) is 17.2 Å². The predicted molar refractivity (Wildman–Crippen MR) is 115 cm³/mol. The fraction of sp³-hybridized carbons (Fsp3) is 0.375. The molecule has 4 heteroatoms. The molecule has 0 fully saturated rings. The average Bonchev–Trinajstić information content (AvgIpc) is 3.11. The van der Waals surface area contributed by atoms with Crippen molar-refractivity contribution in [2.45, 2.75) is 46.5 Å². The van der Waals surface area contributed by atoms with Crippen LogP contribution in [-0.4, -0.2) is 17.4 Å². The Bertz CT molecular complexity index is 929. The average molecular weight is 379 g/mol. The van der Waals surface area contributed by atoms with Crippen molar-refractivity contribution < 1.29 is 9.53 Å². The molecule has 28 heavy (non-hydrogen) atoms. The Morgan fingerprint density at radius 1 is 1.11 bits per heavy atom. The Kier molecular flexibility index (Phi) is 6.75. The van der Waals surface area contributed by atoms with Crippen LogP contribution in [0.4, 0.5) is 0 Å². The summed E-state index contributed by atoms with van der Waals surface area (Å²) < 4.78 is 5.95. The van der Waals surface area contributed by atoms with E-state index in [1.54, 1.807) is 0 Å². The second-order valence-electron chi connectivity index (χ2n) is 7.48. The van der Waals surface area contributed by atoms with Gasteiger partial charge < -0.3 is 15.0 Å². The SMILES string of the molecule is CCCC[C@@H](CC)CNC(=O)c1cc2cc(Oc3cccc(C)c3)ccc2[nH]1. The summed E-state index contributed by atoms with van der Waals surface area (Å²) in [6, 6.07) is 15.7. The standard InChI is InChI=1S/C24H30N2O2/c1-4-6-9-18(5-2)16-25-24(27)23-15-19-14-21(11-12-22(19)26-23)28-20-10-7-8-17(3)13-20/h7-8,10-15,18,26H,4-6,9,16H2,1-3H3,(H,25,27)/t18-/m1/s1. The highest BCUT2D eigenvalue weighted by Crippen LogP contribution is 2.26. The van der Waals surface area contributed by atoms with Crippen molar-refractivity contribution in [1.29, 1.82) is 0 Å². The van der Waals surface area contributed by atoms with Crippen LogP contribution in [0, 0.1) is 12.8 Å². The van der Waals surface area contributed by atoms with E-state index in [1.807, 2.05) is 55.5 Å². The van der Waals surface area contributed by atoms with Gasteiger partial charge >= 0.3 is 0 Å². The fourth-order valence-corrected chi connectivity index (χ4v) is 3.39. The number of hydrogen-bond donors (Lipinski definition) is 2. The monoisotopic (exact) mass is 378 g/mol. The molecule has 2 aromatic carbocycles. The number of carbonyl (C=O) groups excluding carboxylic acids is 1. The molecule has 0 spiro atoms. The molecule has 0 saturated heterocycles. The number of ether oxygens (including phenoxy) is 1. The maximum Gasteiger partial charge on any atom is 0.267 e. The van der Waals surface area contributed by atoms with E-state index in [9.17, 15) is 4.79 Å². The molecule has 0 aliphatic heterocycles. The zero-order valence-corrected chi connectivity index (χ0v) is 17.0. The summed E-state index contributed by atoms with van der Waals surface area (Å²) in [5, 5.41) is 4.05. The van der Waals surface area contributed by atoms with Crippen LogP contribution in [0.2, 0.25) is 0 Å². The molecule has 1 amide bonds. The van der Waals surface area contributed by atoms with E-state index < -0.39 is 0 Å². The van der Waals surface area contributed by atoms with E-state index in [-0.39, 0.29) is 5.91 Å². The number of H-pyrrole nitrogens is 1. The lowest BCUT2D eigenvalue weighted by Gasteiger charge is -2.14. The van der Waals surface area contributed by atoms with Crippen molar-refractivity contribution in [3.8, 4) is 11.5 Å². The number of benzene rings is 2. The highest BCUT2D eigenvalue weighted by Gasteiger charge is 2.13. The van der Waals surface area contributed by atoms with E-state index in [2.05, 4.69) is 24.1 Å². The highest BCUT2D eigenvalue weighted by atomic mass is 16.5. The highest BCUT2D eigenvalue weighted by molar-refractivity contribution is 5.98. The molecule has 1 aromatic heterocycles. The quantitative estimate of drug-likeness (QED) is 0.465. The third-order valence-corrected chi connectivity index (χ3v) is 5.16. The van der Waals surface area contributed by atoms with Crippen LogP contribution in [0.5, 0.6) is 11.5 Å². The van der Waals surface area contributed by atoms with Gasteiger partial charge in [0.15, 0.2) is 0 Å². The minimum Gasteiger partial charge on any atom is -0.457 e. The van der Waals surface area contributed by atoms with Gasteiger partial charge in [0, 0.05) is 17.4 Å². The van der Waals surface area contributed by atoms with Gasteiger partial charge in [-0.05, 0) is 61.2 Å². The molecule has 3 aromatic rings. The van der Waals surface area contributed by atoms with E-state index >= 15 is 0 Å². The van der Waals surface area contributed by atoms with Gasteiger partial charge in [-0.3, -0.25) is 4.79 Å². The second kappa shape index (κ2) is 9.45. The van der Waals surface area contributed by atoms with Gasteiger partial charge in [-0.25, -0.2) is 0 Å². The third kappa shape index (κ3) is 5.16. The van der Waals surface area contributed by atoms with Crippen molar-refractivity contribution in [3.05, 3.63) is 59.8 Å². The zero-order chi connectivity index (χ0) is 19.9. The number of nitrogens with one attached hydrogen (secondary N) is 2. The molecule has 1 atom stereocenters. The van der Waals surface area contributed by atoms with E-state index in [0.29, 0.717) is 11.6 Å². The lowest BCUT2D eigenvalue weighted by atomic mass is 9.99. The predicted octanol–water partition coefficient (Wildman–Crippen LogP) is 6.21. The van der Waals surface area contributed by atoms with Crippen LogP contribution in [0.15, 0.2) is 48.5 Å². The molecule has 0 aliphatic carbocycles. The van der Waals surface area contributed by atoms with Gasteiger partial charge in [-0.15, -0.1) is 0 Å². The van der Waals surface area contributed by atoms with Crippen LogP contribution in [0.25, 0.3) is 10.9 Å². The first-order chi connectivity index (χ1) is 13.6. The van der Waals surface area contributed by atoms with Gasteiger partial charge in [-0.2, -0.15) is 0 Å². The largest absolute Gasteiger partial charge is 0.457 e. The number of amides is 1. The molecule has 0 aliphatic rings. The van der Waals surface area contributed by atoms with Crippen molar-refractivity contribution >= 4 is 16.8 Å². The lowest BCUT2D eigenvalue weighted by molar-refractivity contribution is 0.0941. The van der Waals surface area contributed by atoms with E-state index in [1.165, 1.54) is 19.3 Å². The topological polar surface area (TPSA) is 54.1 Å². The van der Waals surface area contributed by atoms with Crippen molar-refractivity contribution in [1.82, 2.24) is 10.3 Å². The zero-order valence-electron chi connectivity index (χ0n) is 17.0. The minimum absolute atomic E-state index is 0.0488. The molecule has 3 rings (SSSR count). The van der Waals surface area contributed by atoms with Crippen molar-refractivity contribution in [2.75, 3.05) is 6.54 Å². The smallest absolute Gasteiger partial charge is 0.267 e. The Hall–Kier alpha value is -2.75. The summed E-state index contributed by atoms with van der Waals surface area (Å²) in [7, 11) is 0. The Labute approximate surface area is 167 Å². The minimum atomic E-state index is -0.0488.